The summed E-state index contributed by atoms with van der Waals surface area (Å²) in [7, 11) is -4.35. The van der Waals surface area contributed by atoms with Crippen LogP contribution in [0, 0.1) is 0 Å². The number of nitrogens with two attached hydrogens (primary N) is 1. The topological polar surface area (TPSA) is 109 Å². The summed E-state index contributed by atoms with van der Waals surface area (Å²) >= 11 is 6.27. The van der Waals surface area contributed by atoms with E-state index >= 15 is 0 Å². The molecule has 1 aromatic carbocycles. The van der Waals surface area contributed by atoms with Crippen molar-refractivity contribution in [1.82, 2.24) is 0 Å². The van der Waals surface area contributed by atoms with E-state index in [1.165, 1.54) is 12.1 Å². The highest BCUT2D eigenvalue weighted by Crippen LogP contribution is 2.22. The molecule has 9 heteroatoms. The third-order valence-corrected chi connectivity index (χ3v) is 5.16. The first-order valence-electron chi connectivity index (χ1n) is 4.63. The van der Waals surface area contributed by atoms with Crippen molar-refractivity contribution in [3.8, 4) is 0 Å². The Labute approximate surface area is 121 Å². The Balaban J connectivity index is 2.96. The summed E-state index contributed by atoms with van der Waals surface area (Å²) in [4.78, 5) is 10.7. The van der Waals surface area contributed by atoms with Gasteiger partial charge in [0.05, 0.1) is 5.69 Å². The van der Waals surface area contributed by atoms with Crippen molar-refractivity contribution in [1.29, 1.82) is 0 Å². The summed E-state index contributed by atoms with van der Waals surface area (Å²) in [6, 6.07) is 3.72. The first-order valence-corrected chi connectivity index (χ1v) is 8.11. The molecule has 100 valence electrons. The Bertz CT molecular complexity index is 562. The Morgan fingerprint density at radius 2 is 2.11 bits per heavy atom. The molecule has 0 spiro atoms. The Morgan fingerprint density at radius 3 is 2.56 bits per heavy atom. The molecule has 1 amide bonds. The van der Waals surface area contributed by atoms with Gasteiger partial charge in [0.25, 0.3) is 10.1 Å². The average Bonchev–Trinajstić information content (AvgIpc) is 2.26. The van der Waals surface area contributed by atoms with Crippen LogP contribution in [0.5, 0.6) is 0 Å². The van der Waals surface area contributed by atoms with Crippen molar-refractivity contribution in [2.45, 2.75) is 9.72 Å². The lowest BCUT2D eigenvalue weighted by molar-refractivity contribution is -0.115. The number of amides is 1. The quantitative estimate of drug-likeness (QED) is 0.403. The van der Waals surface area contributed by atoms with Gasteiger partial charge in [0.2, 0.25) is 5.91 Å². The van der Waals surface area contributed by atoms with Crippen molar-refractivity contribution in [3.05, 3.63) is 18.2 Å². The monoisotopic (exact) mass is 400 g/mol. The molecule has 4 N–H and O–H groups in total. The molecule has 0 bridgehead atoms. The largest absolute Gasteiger partial charge is 0.398 e. The number of hydrogen-bond donors (Lipinski definition) is 3. The third kappa shape index (κ3) is 3.94. The van der Waals surface area contributed by atoms with Crippen LogP contribution < -0.4 is 11.1 Å². The van der Waals surface area contributed by atoms with Crippen LogP contribution in [0.2, 0.25) is 0 Å². The smallest absolute Gasteiger partial charge is 0.296 e. The molecular formula is C9H10Br2N2O4S. The maximum absolute atomic E-state index is 11.5. The molecule has 0 saturated heterocycles. The highest BCUT2D eigenvalue weighted by molar-refractivity contribution is 9.12. The first-order chi connectivity index (χ1) is 8.25. The molecule has 0 aliphatic carbocycles. The van der Waals surface area contributed by atoms with E-state index in [9.17, 15) is 13.2 Å². The number of nitrogen functional groups attached to an aromatic ring is 1. The fourth-order valence-electron chi connectivity index (χ4n) is 1.15. The van der Waals surface area contributed by atoms with Crippen molar-refractivity contribution >= 4 is 59.3 Å². The molecule has 6 nitrogen and oxygen atoms in total. The second kappa shape index (κ2) is 6.00. The van der Waals surface area contributed by atoms with E-state index in [2.05, 4.69) is 37.2 Å². The number of hydrogen-bond acceptors (Lipinski definition) is 4. The van der Waals surface area contributed by atoms with Crippen molar-refractivity contribution in [2.24, 2.45) is 0 Å². The molecule has 0 aliphatic heterocycles. The number of halogens is 2. The zero-order chi connectivity index (χ0) is 13.9. The summed E-state index contributed by atoms with van der Waals surface area (Å²) in [6.45, 7) is 0. The van der Waals surface area contributed by atoms with Gasteiger partial charge < -0.3 is 11.1 Å². The van der Waals surface area contributed by atoms with Gasteiger partial charge in [-0.1, -0.05) is 31.9 Å². The molecule has 0 heterocycles. The van der Waals surface area contributed by atoms with Crippen LogP contribution in [0.4, 0.5) is 11.4 Å². The zero-order valence-electron chi connectivity index (χ0n) is 8.93. The molecule has 1 aromatic rings. The zero-order valence-corrected chi connectivity index (χ0v) is 12.9. The molecule has 0 saturated carbocycles. The van der Waals surface area contributed by atoms with Crippen LogP contribution in [0.3, 0.4) is 0 Å². The van der Waals surface area contributed by atoms with Crippen LogP contribution in [0.25, 0.3) is 0 Å². The highest BCUT2D eigenvalue weighted by atomic mass is 79.9. The second-order valence-electron chi connectivity index (χ2n) is 3.34. The second-order valence-corrected chi connectivity index (χ2v) is 6.48. The lowest BCUT2D eigenvalue weighted by atomic mass is 10.2. The van der Waals surface area contributed by atoms with E-state index < -0.39 is 19.8 Å². The summed E-state index contributed by atoms with van der Waals surface area (Å²) in [5, 5.41) is 2.97. The van der Waals surface area contributed by atoms with E-state index in [-0.39, 0.29) is 11.6 Å². The van der Waals surface area contributed by atoms with Gasteiger partial charge in [-0.2, -0.15) is 8.42 Å². The van der Waals surface area contributed by atoms with Gasteiger partial charge in [0.1, 0.15) is 9.72 Å². The van der Waals surface area contributed by atoms with E-state index in [0.717, 1.165) is 6.07 Å². The molecule has 0 aliphatic rings. The molecule has 0 aromatic heterocycles. The number of nitrogens with one attached hydrogen (secondary N) is 1. The standard InChI is InChI=1S/C9H10Br2N2O4S/c10-4-6(11)9(14)13-5-1-2-8(7(12)3-5)18(15,16)17/h1-3,6H,4,12H2,(H,13,14)(H,15,16,17). The first kappa shape index (κ1) is 15.4. The van der Waals surface area contributed by atoms with E-state index in [1.807, 2.05) is 0 Å². The molecule has 0 radical (unpaired) electrons. The number of anilines is 2. The molecule has 0 fully saturated rings. The van der Waals surface area contributed by atoms with Crippen LogP contribution in [0.15, 0.2) is 23.1 Å². The van der Waals surface area contributed by atoms with Crippen LogP contribution in [-0.2, 0) is 14.9 Å². The number of carbonyl (C=O) groups excluding carboxylic acids is 1. The Kier molecular flexibility index (Phi) is 5.14. The van der Waals surface area contributed by atoms with Crippen molar-refractivity contribution in [3.63, 3.8) is 0 Å². The van der Waals surface area contributed by atoms with E-state index in [0.29, 0.717) is 11.0 Å². The van der Waals surface area contributed by atoms with Crippen molar-refractivity contribution < 1.29 is 17.8 Å². The molecule has 1 unspecified atom stereocenters. The Morgan fingerprint density at radius 1 is 1.50 bits per heavy atom. The molecular weight excluding hydrogens is 392 g/mol. The highest BCUT2D eigenvalue weighted by Gasteiger charge is 2.16. The van der Waals surface area contributed by atoms with Gasteiger partial charge in [-0.15, -0.1) is 0 Å². The molecule has 1 atom stereocenters. The third-order valence-electron chi connectivity index (χ3n) is 1.98. The van der Waals surface area contributed by atoms with Crippen LogP contribution >= 0.6 is 31.9 Å². The fourth-order valence-corrected chi connectivity index (χ4v) is 2.16. The predicted molar refractivity (Wildman–Crippen MR) is 75.8 cm³/mol. The maximum atomic E-state index is 11.5. The SMILES string of the molecule is Nc1cc(NC(=O)C(Br)CBr)ccc1S(=O)(=O)O. The summed E-state index contributed by atoms with van der Waals surface area (Å²) in [5.41, 5.74) is 5.68. The maximum Gasteiger partial charge on any atom is 0.296 e. The summed E-state index contributed by atoms with van der Waals surface area (Å²) in [6.07, 6.45) is 0. The minimum Gasteiger partial charge on any atom is -0.398 e. The van der Waals surface area contributed by atoms with Gasteiger partial charge in [0.15, 0.2) is 0 Å². The Hall–Kier alpha value is -0.640. The average molecular weight is 402 g/mol. The van der Waals surface area contributed by atoms with Gasteiger partial charge in [0, 0.05) is 11.0 Å². The van der Waals surface area contributed by atoms with Gasteiger partial charge in [-0.3, -0.25) is 9.35 Å². The molecule has 18 heavy (non-hydrogen) atoms. The van der Waals surface area contributed by atoms with Gasteiger partial charge >= 0.3 is 0 Å². The number of alkyl halides is 2. The van der Waals surface area contributed by atoms with Gasteiger partial charge in [-0.25, -0.2) is 0 Å². The number of benzene rings is 1. The van der Waals surface area contributed by atoms with E-state index in [4.69, 9.17) is 10.3 Å². The predicted octanol–water partition coefficient (Wildman–Crippen LogP) is 1.61. The minimum atomic E-state index is -4.35. The minimum absolute atomic E-state index is 0.139. The normalized spacial score (nSPS) is 13.1. The van der Waals surface area contributed by atoms with Gasteiger partial charge in [-0.05, 0) is 18.2 Å². The lowest BCUT2D eigenvalue weighted by Crippen LogP contribution is -2.23. The number of rotatable bonds is 4. The van der Waals surface area contributed by atoms with Crippen molar-refractivity contribution in [2.75, 3.05) is 16.4 Å². The van der Waals surface area contributed by atoms with Crippen LogP contribution in [-0.4, -0.2) is 29.0 Å². The lowest BCUT2D eigenvalue weighted by Gasteiger charge is -2.10. The summed E-state index contributed by atoms with van der Waals surface area (Å²) < 4.78 is 30.7. The number of carbonyl (C=O) groups is 1. The summed E-state index contributed by atoms with van der Waals surface area (Å²) in [5.74, 6) is -0.300. The van der Waals surface area contributed by atoms with E-state index in [1.54, 1.807) is 0 Å². The fraction of sp³-hybridized carbons (Fsp3) is 0.222. The molecule has 1 rings (SSSR count). The van der Waals surface area contributed by atoms with Crippen LogP contribution in [0.1, 0.15) is 0 Å².